The quantitative estimate of drug-likeness (QED) is 0.721. The molecule has 1 aliphatic rings. The Morgan fingerprint density at radius 3 is 2.63 bits per heavy atom. The van der Waals surface area contributed by atoms with Gasteiger partial charge in [0.05, 0.1) is 22.9 Å². The van der Waals surface area contributed by atoms with Crippen LogP contribution in [-0.4, -0.2) is 39.0 Å². The Morgan fingerprint density at radius 1 is 1.17 bits per heavy atom. The van der Waals surface area contributed by atoms with Gasteiger partial charge >= 0.3 is 0 Å². The minimum Gasteiger partial charge on any atom is -0.354 e. The van der Waals surface area contributed by atoms with E-state index in [0.717, 1.165) is 36.6 Å². The first kappa shape index (κ1) is 19.6. The highest BCUT2D eigenvalue weighted by Gasteiger charge is 2.27. The van der Waals surface area contributed by atoms with Crippen LogP contribution >= 0.6 is 0 Å². The predicted octanol–water partition coefficient (Wildman–Crippen LogP) is 3.01. The monoisotopic (exact) mass is 401 g/mol. The first-order valence-electron chi connectivity index (χ1n) is 9.97. The van der Waals surface area contributed by atoms with Gasteiger partial charge in [0.25, 0.3) is 0 Å². The van der Waals surface area contributed by atoms with E-state index in [-0.39, 0.29) is 11.8 Å². The van der Waals surface area contributed by atoms with E-state index in [0.29, 0.717) is 23.6 Å². The van der Waals surface area contributed by atoms with Crippen LogP contribution in [0.4, 0.5) is 11.5 Å². The van der Waals surface area contributed by atoms with Gasteiger partial charge in [-0.15, -0.1) is 10.2 Å². The zero-order chi connectivity index (χ0) is 21.1. The number of nitriles is 1. The topological polar surface area (TPSA) is 99.7 Å². The fraction of sp³-hybridized carbons (Fsp3) is 0.318. The van der Waals surface area contributed by atoms with E-state index in [4.69, 9.17) is 0 Å². The molecule has 1 amide bonds. The molecule has 0 radical (unpaired) electrons. The minimum atomic E-state index is -0.178. The second kappa shape index (κ2) is 8.33. The Labute approximate surface area is 175 Å². The average Bonchev–Trinajstić information content (AvgIpc) is 3.12. The van der Waals surface area contributed by atoms with Crippen LogP contribution in [0.5, 0.6) is 0 Å². The fourth-order valence-electron chi connectivity index (χ4n) is 3.78. The van der Waals surface area contributed by atoms with Crippen LogP contribution in [0.15, 0.2) is 42.5 Å². The third-order valence-corrected chi connectivity index (χ3v) is 5.28. The summed E-state index contributed by atoms with van der Waals surface area (Å²) in [7, 11) is 0. The van der Waals surface area contributed by atoms with Crippen molar-refractivity contribution in [1.82, 2.24) is 20.0 Å². The van der Waals surface area contributed by atoms with Gasteiger partial charge in [-0.2, -0.15) is 10.4 Å². The molecule has 1 saturated heterocycles. The number of hydrogen-bond acceptors (Lipinski definition) is 6. The van der Waals surface area contributed by atoms with Crippen molar-refractivity contribution in [1.29, 1.82) is 5.26 Å². The van der Waals surface area contributed by atoms with Crippen LogP contribution < -0.4 is 10.2 Å². The van der Waals surface area contributed by atoms with Crippen LogP contribution in [-0.2, 0) is 4.79 Å². The summed E-state index contributed by atoms with van der Waals surface area (Å²) in [4.78, 5) is 14.9. The summed E-state index contributed by atoms with van der Waals surface area (Å²) in [5.41, 5.74) is 2.95. The Morgan fingerprint density at radius 2 is 1.93 bits per heavy atom. The molecule has 2 aromatic heterocycles. The molecule has 1 aromatic carbocycles. The van der Waals surface area contributed by atoms with Gasteiger partial charge in [0, 0.05) is 18.8 Å². The molecule has 1 unspecified atom stereocenters. The molecule has 0 bridgehead atoms. The smallest absolute Gasteiger partial charge is 0.229 e. The van der Waals surface area contributed by atoms with Crippen LogP contribution in [0.3, 0.4) is 0 Å². The highest BCUT2D eigenvalue weighted by Crippen LogP contribution is 2.24. The normalized spacial score (nSPS) is 16.2. The highest BCUT2D eigenvalue weighted by molar-refractivity contribution is 5.94. The van der Waals surface area contributed by atoms with Crippen molar-refractivity contribution < 1.29 is 4.79 Å². The van der Waals surface area contributed by atoms with Gasteiger partial charge in [-0.3, -0.25) is 4.79 Å². The summed E-state index contributed by atoms with van der Waals surface area (Å²) < 4.78 is 1.77. The summed E-state index contributed by atoms with van der Waals surface area (Å²) in [6.07, 6.45) is 1.69. The molecule has 1 aliphatic heterocycles. The number of nitrogens with zero attached hydrogens (tertiary/aromatic N) is 6. The lowest BCUT2D eigenvalue weighted by Gasteiger charge is -2.32. The number of aryl methyl sites for hydroxylation is 2. The lowest BCUT2D eigenvalue weighted by molar-refractivity contribution is -0.120. The molecule has 1 atom stereocenters. The number of hydrogen-bond donors (Lipinski definition) is 1. The summed E-state index contributed by atoms with van der Waals surface area (Å²) in [6, 6.07) is 15.0. The van der Waals surface area contributed by atoms with E-state index in [2.05, 4.69) is 31.6 Å². The lowest BCUT2D eigenvalue weighted by atomic mass is 9.97. The third-order valence-electron chi connectivity index (χ3n) is 5.28. The number of rotatable bonds is 4. The Bertz CT molecular complexity index is 1100. The van der Waals surface area contributed by atoms with Gasteiger partial charge in [-0.25, -0.2) is 4.68 Å². The molecule has 8 nitrogen and oxygen atoms in total. The van der Waals surface area contributed by atoms with Crippen molar-refractivity contribution in [3.05, 3.63) is 59.4 Å². The van der Waals surface area contributed by atoms with Crippen LogP contribution in [0.2, 0.25) is 0 Å². The molecule has 30 heavy (non-hydrogen) atoms. The van der Waals surface area contributed by atoms with E-state index in [1.165, 1.54) is 0 Å². The Kier molecular flexibility index (Phi) is 5.44. The molecule has 0 saturated carbocycles. The second-order valence-electron chi connectivity index (χ2n) is 7.52. The number of carbonyl (C=O) groups excluding carboxylic acids is 1. The van der Waals surface area contributed by atoms with Crippen molar-refractivity contribution in [2.24, 2.45) is 5.92 Å². The number of piperidine rings is 1. The fourth-order valence-corrected chi connectivity index (χ4v) is 3.78. The van der Waals surface area contributed by atoms with E-state index >= 15 is 0 Å². The maximum atomic E-state index is 12.8. The molecular weight excluding hydrogens is 378 g/mol. The van der Waals surface area contributed by atoms with Crippen molar-refractivity contribution >= 4 is 17.4 Å². The number of aromatic nitrogens is 4. The average molecular weight is 401 g/mol. The number of anilines is 2. The highest BCUT2D eigenvalue weighted by atomic mass is 16.1. The van der Waals surface area contributed by atoms with E-state index in [1.54, 1.807) is 22.9 Å². The molecule has 0 spiro atoms. The number of amides is 1. The first-order chi connectivity index (χ1) is 14.5. The maximum Gasteiger partial charge on any atom is 0.229 e. The zero-order valence-corrected chi connectivity index (χ0v) is 17.0. The zero-order valence-electron chi connectivity index (χ0n) is 17.0. The van der Waals surface area contributed by atoms with Crippen LogP contribution in [0, 0.1) is 31.1 Å². The molecule has 0 aliphatic carbocycles. The largest absolute Gasteiger partial charge is 0.354 e. The molecule has 4 rings (SSSR count). The lowest BCUT2D eigenvalue weighted by Crippen LogP contribution is -2.41. The summed E-state index contributed by atoms with van der Waals surface area (Å²) in [5, 5.41) is 25.3. The SMILES string of the molecule is Cc1cc(C)n(-c2ccc(N3CCCC(C(=O)Nc4ccccc4C#N)C3)nn2)n1. The molecule has 8 heteroatoms. The van der Waals surface area contributed by atoms with Gasteiger partial charge in [0.1, 0.15) is 6.07 Å². The third kappa shape index (κ3) is 4.01. The standard InChI is InChI=1S/C22H23N7O/c1-15-12-16(2)29(27-15)21-10-9-20(25-26-21)28-11-5-7-18(14-28)22(30)24-19-8-4-3-6-17(19)13-23/h3-4,6,8-10,12,18H,5,7,11,14H2,1-2H3,(H,24,30). The second-order valence-corrected chi connectivity index (χ2v) is 7.52. The number of nitrogens with one attached hydrogen (secondary N) is 1. The summed E-state index contributed by atoms with van der Waals surface area (Å²) in [6.45, 7) is 5.31. The first-order valence-corrected chi connectivity index (χ1v) is 9.97. The van der Waals surface area contributed by atoms with E-state index in [9.17, 15) is 10.1 Å². The van der Waals surface area contributed by atoms with Crippen molar-refractivity contribution in [2.75, 3.05) is 23.3 Å². The van der Waals surface area contributed by atoms with E-state index in [1.807, 2.05) is 38.1 Å². The Balaban J connectivity index is 1.45. The predicted molar refractivity (Wildman–Crippen MR) is 113 cm³/mol. The van der Waals surface area contributed by atoms with Gasteiger partial charge < -0.3 is 10.2 Å². The van der Waals surface area contributed by atoms with Crippen LogP contribution in [0.25, 0.3) is 5.82 Å². The number of carbonyl (C=O) groups is 1. The number of benzene rings is 1. The molecule has 3 heterocycles. The molecular formula is C22H23N7O. The van der Waals surface area contributed by atoms with Crippen molar-refractivity contribution in [3.63, 3.8) is 0 Å². The number of para-hydroxylation sites is 1. The molecule has 3 aromatic rings. The van der Waals surface area contributed by atoms with Crippen molar-refractivity contribution in [3.8, 4) is 11.9 Å². The van der Waals surface area contributed by atoms with E-state index < -0.39 is 0 Å². The van der Waals surface area contributed by atoms with Crippen LogP contribution in [0.1, 0.15) is 29.8 Å². The summed E-state index contributed by atoms with van der Waals surface area (Å²) >= 11 is 0. The molecule has 152 valence electrons. The summed E-state index contributed by atoms with van der Waals surface area (Å²) in [5.74, 6) is 1.16. The van der Waals surface area contributed by atoms with Gasteiger partial charge in [-0.1, -0.05) is 12.1 Å². The Hall–Kier alpha value is -3.73. The minimum absolute atomic E-state index is 0.0744. The van der Waals surface area contributed by atoms with Gasteiger partial charge in [-0.05, 0) is 57.0 Å². The van der Waals surface area contributed by atoms with Crippen molar-refractivity contribution in [2.45, 2.75) is 26.7 Å². The maximum absolute atomic E-state index is 12.8. The molecule has 1 N–H and O–H groups in total. The molecule has 1 fully saturated rings. The van der Waals surface area contributed by atoms with Gasteiger partial charge in [0.2, 0.25) is 5.91 Å². The van der Waals surface area contributed by atoms with Gasteiger partial charge in [0.15, 0.2) is 11.6 Å².